The molecular weight excluding hydrogens is 299 g/mol. The van der Waals surface area contributed by atoms with Crippen molar-refractivity contribution in [2.45, 2.75) is 70.0 Å². The van der Waals surface area contributed by atoms with E-state index in [-0.39, 0.29) is 5.60 Å². The Labute approximate surface area is 107 Å². The lowest BCUT2D eigenvalue weighted by Crippen LogP contribution is -2.39. The first-order chi connectivity index (χ1) is 7.24. The Bertz CT molecular complexity index is 199. The first-order valence-electron chi connectivity index (χ1n) is 6.48. The third-order valence-corrected chi connectivity index (χ3v) is 5.46. The van der Waals surface area contributed by atoms with Crippen LogP contribution in [0.4, 0.5) is 0 Å². The Balaban J connectivity index is 1.89. The molecule has 0 N–H and O–H groups in total. The van der Waals surface area contributed by atoms with E-state index in [1.807, 2.05) is 0 Å². The third kappa shape index (κ3) is 3.09. The minimum absolute atomic E-state index is 0.257. The number of halogens is 1. The topological polar surface area (TPSA) is 9.23 Å². The van der Waals surface area contributed by atoms with E-state index in [0.29, 0.717) is 6.10 Å². The van der Waals surface area contributed by atoms with E-state index in [9.17, 15) is 0 Å². The molecule has 2 heteroatoms. The van der Waals surface area contributed by atoms with Gasteiger partial charge in [0.05, 0.1) is 11.7 Å². The molecule has 1 nitrogen and oxygen atoms in total. The molecule has 0 spiro atoms. The molecule has 0 heterocycles. The fourth-order valence-electron chi connectivity index (χ4n) is 3.09. The van der Waals surface area contributed by atoms with Crippen LogP contribution < -0.4 is 0 Å². The molecule has 2 atom stereocenters. The number of rotatable bonds is 3. The minimum Gasteiger partial charge on any atom is -0.371 e. The summed E-state index contributed by atoms with van der Waals surface area (Å²) in [6.45, 7) is 2.36. The Morgan fingerprint density at radius 2 is 1.93 bits per heavy atom. The van der Waals surface area contributed by atoms with Gasteiger partial charge in [-0.2, -0.15) is 0 Å². The molecule has 0 saturated heterocycles. The monoisotopic (exact) mass is 322 g/mol. The highest BCUT2D eigenvalue weighted by molar-refractivity contribution is 14.1. The Hall–Kier alpha value is 0.690. The molecule has 2 unspecified atom stereocenters. The van der Waals surface area contributed by atoms with Crippen LogP contribution in [0.15, 0.2) is 0 Å². The van der Waals surface area contributed by atoms with Crippen molar-refractivity contribution in [1.82, 2.24) is 0 Å². The summed E-state index contributed by atoms with van der Waals surface area (Å²) < 4.78 is 7.64. The predicted octanol–water partition coefficient (Wildman–Crippen LogP) is 4.33. The van der Waals surface area contributed by atoms with Gasteiger partial charge in [0.2, 0.25) is 0 Å². The summed E-state index contributed by atoms with van der Waals surface area (Å²) in [7, 11) is 0. The molecule has 0 bridgehead atoms. The molecule has 0 aromatic carbocycles. The Morgan fingerprint density at radius 3 is 2.47 bits per heavy atom. The van der Waals surface area contributed by atoms with Crippen molar-refractivity contribution in [3.05, 3.63) is 0 Å². The van der Waals surface area contributed by atoms with Gasteiger partial charge in [-0.25, -0.2) is 0 Å². The summed E-state index contributed by atoms with van der Waals surface area (Å²) in [5.74, 6) is 0.893. The van der Waals surface area contributed by atoms with Gasteiger partial charge in [0.15, 0.2) is 0 Å². The molecule has 88 valence electrons. The lowest BCUT2D eigenvalue weighted by Gasteiger charge is -2.38. The SMILES string of the molecule is CC1CCC(OC2(CI)CCCCC2)C1. The van der Waals surface area contributed by atoms with Crippen molar-refractivity contribution in [3.8, 4) is 0 Å². The van der Waals surface area contributed by atoms with E-state index >= 15 is 0 Å². The highest BCUT2D eigenvalue weighted by Gasteiger charge is 2.36. The van der Waals surface area contributed by atoms with Crippen LogP contribution in [0.5, 0.6) is 0 Å². The van der Waals surface area contributed by atoms with Gasteiger partial charge in [0.25, 0.3) is 0 Å². The number of hydrogen-bond acceptors (Lipinski definition) is 1. The quantitative estimate of drug-likeness (QED) is 0.555. The summed E-state index contributed by atoms with van der Waals surface area (Å²) >= 11 is 2.53. The highest BCUT2D eigenvalue weighted by atomic mass is 127. The zero-order valence-electron chi connectivity index (χ0n) is 9.80. The van der Waals surface area contributed by atoms with Crippen LogP contribution in [0.1, 0.15) is 58.3 Å². The molecule has 2 rings (SSSR count). The smallest absolute Gasteiger partial charge is 0.0775 e. The van der Waals surface area contributed by atoms with Crippen molar-refractivity contribution in [3.63, 3.8) is 0 Å². The molecule has 2 aliphatic rings. The van der Waals surface area contributed by atoms with Gasteiger partial charge in [0, 0.05) is 4.43 Å². The van der Waals surface area contributed by atoms with Gasteiger partial charge < -0.3 is 4.74 Å². The largest absolute Gasteiger partial charge is 0.371 e. The van der Waals surface area contributed by atoms with Crippen molar-refractivity contribution >= 4 is 22.6 Å². The zero-order valence-corrected chi connectivity index (χ0v) is 12.0. The maximum atomic E-state index is 6.45. The van der Waals surface area contributed by atoms with Crippen LogP contribution in [0.25, 0.3) is 0 Å². The minimum atomic E-state index is 0.257. The average molecular weight is 322 g/mol. The molecule has 0 aromatic rings. The number of hydrogen-bond donors (Lipinski definition) is 0. The standard InChI is InChI=1S/C13H23IO/c1-11-5-6-12(9-11)15-13(10-14)7-3-2-4-8-13/h11-12H,2-10H2,1H3. The molecule has 15 heavy (non-hydrogen) atoms. The second-order valence-corrected chi connectivity index (χ2v) is 6.30. The molecule has 2 aliphatic carbocycles. The average Bonchev–Trinajstić information content (AvgIpc) is 2.65. The van der Waals surface area contributed by atoms with E-state index in [1.165, 1.54) is 55.8 Å². The van der Waals surface area contributed by atoms with Crippen LogP contribution in [-0.2, 0) is 4.74 Å². The first-order valence-corrected chi connectivity index (χ1v) is 8.00. The van der Waals surface area contributed by atoms with Gasteiger partial charge in [-0.1, -0.05) is 48.8 Å². The van der Waals surface area contributed by atoms with E-state index in [2.05, 4.69) is 29.5 Å². The number of alkyl halides is 1. The number of ether oxygens (including phenoxy) is 1. The predicted molar refractivity (Wildman–Crippen MR) is 72.6 cm³/mol. The second kappa shape index (κ2) is 5.35. The van der Waals surface area contributed by atoms with Crippen LogP contribution in [0.2, 0.25) is 0 Å². The summed E-state index contributed by atoms with van der Waals surface area (Å²) in [6, 6.07) is 0. The molecule has 0 aliphatic heterocycles. The second-order valence-electron chi connectivity index (χ2n) is 5.54. The first kappa shape index (κ1) is 12.2. The van der Waals surface area contributed by atoms with E-state index in [4.69, 9.17) is 4.74 Å². The lowest BCUT2D eigenvalue weighted by molar-refractivity contribution is -0.0947. The molecule has 0 amide bonds. The van der Waals surface area contributed by atoms with Gasteiger partial charge in [-0.15, -0.1) is 0 Å². The normalized spacial score (nSPS) is 35.6. The summed E-state index contributed by atoms with van der Waals surface area (Å²) in [5, 5.41) is 0. The Morgan fingerprint density at radius 1 is 1.20 bits per heavy atom. The maximum Gasteiger partial charge on any atom is 0.0775 e. The summed E-state index contributed by atoms with van der Waals surface area (Å²) in [6.07, 6.45) is 11.4. The zero-order chi connectivity index (χ0) is 10.7. The van der Waals surface area contributed by atoms with Crippen LogP contribution in [-0.4, -0.2) is 16.1 Å². The summed E-state index contributed by atoms with van der Waals surface area (Å²) in [5.41, 5.74) is 0.257. The van der Waals surface area contributed by atoms with Gasteiger partial charge >= 0.3 is 0 Å². The van der Waals surface area contributed by atoms with Gasteiger partial charge in [0.1, 0.15) is 0 Å². The molecule has 2 fully saturated rings. The van der Waals surface area contributed by atoms with Gasteiger partial charge in [-0.05, 0) is 38.0 Å². The lowest BCUT2D eigenvalue weighted by atomic mass is 9.86. The van der Waals surface area contributed by atoms with Crippen LogP contribution in [0, 0.1) is 5.92 Å². The molecule has 0 radical (unpaired) electrons. The molecule has 0 aromatic heterocycles. The third-order valence-electron chi connectivity index (χ3n) is 4.07. The summed E-state index contributed by atoms with van der Waals surface area (Å²) in [4.78, 5) is 0. The maximum absolute atomic E-state index is 6.45. The van der Waals surface area contributed by atoms with Crippen LogP contribution in [0.3, 0.4) is 0 Å². The molecule has 2 saturated carbocycles. The fraction of sp³-hybridized carbons (Fsp3) is 1.00. The van der Waals surface area contributed by atoms with E-state index in [0.717, 1.165) is 5.92 Å². The van der Waals surface area contributed by atoms with Gasteiger partial charge in [-0.3, -0.25) is 0 Å². The fourth-order valence-corrected chi connectivity index (χ4v) is 4.04. The van der Waals surface area contributed by atoms with Crippen LogP contribution >= 0.6 is 22.6 Å². The van der Waals surface area contributed by atoms with E-state index in [1.54, 1.807) is 0 Å². The van der Waals surface area contributed by atoms with Crippen molar-refractivity contribution in [2.24, 2.45) is 5.92 Å². The van der Waals surface area contributed by atoms with Crippen molar-refractivity contribution < 1.29 is 4.74 Å². The Kier molecular flexibility index (Phi) is 4.33. The molecular formula is C13H23IO. The highest BCUT2D eigenvalue weighted by Crippen LogP contribution is 2.38. The van der Waals surface area contributed by atoms with Crippen molar-refractivity contribution in [1.29, 1.82) is 0 Å². The van der Waals surface area contributed by atoms with Crippen molar-refractivity contribution in [2.75, 3.05) is 4.43 Å². The van der Waals surface area contributed by atoms with E-state index < -0.39 is 0 Å².